The van der Waals surface area contributed by atoms with Gasteiger partial charge in [0.1, 0.15) is 0 Å². The van der Waals surface area contributed by atoms with Gasteiger partial charge in [-0.15, -0.1) is 0 Å². The highest BCUT2D eigenvalue weighted by Crippen LogP contribution is 2.16. The van der Waals surface area contributed by atoms with Gasteiger partial charge < -0.3 is 0 Å². The zero-order valence-corrected chi connectivity index (χ0v) is 22.1. The molecule has 0 amide bonds. The zero-order chi connectivity index (χ0) is 21.8. The maximum Gasteiger partial charge on any atom is -0.0242 e. The molecule has 1 heteroatoms. The molecule has 2 radical (unpaired) electrons. The molecule has 0 atom stereocenters. The molecule has 0 aliphatic rings. The average molecular weight is 439 g/mol. The molecule has 0 nitrogen and oxygen atoms in total. The Morgan fingerprint density at radius 2 is 0.433 bits per heavy atom. The van der Waals surface area contributed by atoms with Crippen LogP contribution in [-0.4, -0.2) is 6.16 Å². The Hall–Kier alpha value is 0.430. The fourth-order valence-corrected chi connectivity index (χ4v) is 4.83. The molecule has 0 heterocycles. The van der Waals surface area contributed by atoms with Crippen LogP contribution in [0.4, 0.5) is 0 Å². The lowest BCUT2D eigenvalue weighted by Gasteiger charge is -2.04. The SMILES string of the molecule is CCCCCCCCCCCCCCCCCCCCCCCCCCCCC[P]. The van der Waals surface area contributed by atoms with Crippen LogP contribution in [0.5, 0.6) is 0 Å². The van der Waals surface area contributed by atoms with E-state index < -0.39 is 0 Å². The van der Waals surface area contributed by atoms with Gasteiger partial charge in [0.05, 0.1) is 0 Å². The Labute approximate surface area is 195 Å². The minimum absolute atomic E-state index is 1.07. The summed E-state index contributed by atoms with van der Waals surface area (Å²) >= 11 is 0. The van der Waals surface area contributed by atoms with Gasteiger partial charge in [-0.3, -0.25) is 0 Å². The highest BCUT2D eigenvalue weighted by Gasteiger charge is 1.96. The molecular weight excluding hydrogens is 379 g/mol. The Bertz CT molecular complexity index is 248. The quantitative estimate of drug-likeness (QED) is 0.0883. The monoisotopic (exact) mass is 438 g/mol. The minimum atomic E-state index is 1.07. The maximum atomic E-state index is 4.28. The minimum Gasteiger partial charge on any atom is -0.0654 e. The van der Waals surface area contributed by atoms with Gasteiger partial charge in [-0.25, -0.2) is 0 Å². The summed E-state index contributed by atoms with van der Waals surface area (Å²) in [4.78, 5) is 0. The van der Waals surface area contributed by atoms with E-state index in [2.05, 4.69) is 16.2 Å². The van der Waals surface area contributed by atoms with Gasteiger partial charge in [-0.2, -0.15) is 0 Å². The summed E-state index contributed by atoms with van der Waals surface area (Å²) in [6.07, 6.45) is 40.6. The lowest BCUT2D eigenvalue weighted by atomic mass is 10.0. The summed E-state index contributed by atoms with van der Waals surface area (Å²) in [5, 5.41) is 0. The van der Waals surface area contributed by atoms with Crippen LogP contribution >= 0.6 is 9.24 Å². The molecule has 180 valence electrons. The summed E-state index contributed by atoms with van der Waals surface area (Å²) in [7, 11) is 4.28. The van der Waals surface area contributed by atoms with E-state index >= 15 is 0 Å². The van der Waals surface area contributed by atoms with Crippen molar-refractivity contribution < 1.29 is 0 Å². The first-order chi connectivity index (χ1) is 14.9. The normalized spacial score (nSPS) is 11.4. The average Bonchev–Trinajstić information content (AvgIpc) is 2.76. The molecule has 0 aliphatic carbocycles. The van der Waals surface area contributed by atoms with E-state index in [4.69, 9.17) is 0 Å². The number of hydrogen-bond acceptors (Lipinski definition) is 0. The first kappa shape index (κ1) is 30.4. The highest BCUT2D eigenvalue weighted by molar-refractivity contribution is 7.16. The van der Waals surface area contributed by atoms with Crippen LogP contribution in [-0.2, 0) is 0 Å². The van der Waals surface area contributed by atoms with Crippen molar-refractivity contribution in [3.63, 3.8) is 0 Å². The first-order valence-electron chi connectivity index (χ1n) is 14.5. The van der Waals surface area contributed by atoms with Crippen molar-refractivity contribution in [1.82, 2.24) is 0 Å². The smallest absolute Gasteiger partial charge is 0.0242 e. The second-order valence-electron chi connectivity index (χ2n) is 9.92. The lowest BCUT2D eigenvalue weighted by molar-refractivity contribution is 0.515. The first-order valence-corrected chi connectivity index (χ1v) is 15.2. The Morgan fingerprint density at radius 1 is 0.267 bits per heavy atom. The molecule has 0 spiro atoms. The predicted molar refractivity (Wildman–Crippen MR) is 142 cm³/mol. The van der Waals surface area contributed by atoms with Crippen LogP contribution in [0.2, 0.25) is 0 Å². The molecule has 0 saturated heterocycles. The Morgan fingerprint density at radius 3 is 0.600 bits per heavy atom. The fraction of sp³-hybridized carbons (Fsp3) is 1.00. The van der Waals surface area contributed by atoms with E-state index in [0.717, 1.165) is 6.16 Å². The van der Waals surface area contributed by atoms with Crippen molar-refractivity contribution in [3.8, 4) is 0 Å². The predicted octanol–water partition coefficient (Wildman–Crippen LogP) is 11.9. The van der Waals surface area contributed by atoms with Crippen molar-refractivity contribution >= 4 is 9.24 Å². The Balaban J connectivity index is 2.97. The van der Waals surface area contributed by atoms with Gasteiger partial charge in [-0.05, 0) is 21.8 Å². The van der Waals surface area contributed by atoms with Gasteiger partial charge in [-0.1, -0.05) is 174 Å². The van der Waals surface area contributed by atoms with Crippen LogP contribution in [0.3, 0.4) is 0 Å². The van der Waals surface area contributed by atoms with Crippen molar-refractivity contribution in [2.75, 3.05) is 6.16 Å². The summed E-state index contributed by atoms with van der Waals surface area (Å²) in [6, 6.07) is 0. The van der Waals surface area contributed by atoms with E-state index in [1.54, 1.807) is 0 Å². The van der Waals surface area contributed by atoms with Crippen LogP contribution in [0.25, 0.3) is 0 Å². The molecule has 0 rings (SSSR count). The molecule has 0 aromatic heterocycles. The standard InChI is InChI=1S/C29H59P/c1-2-3-4-5-6-7-8-9-10-11-12-13-14-15-16-17-18-19-20-21-22-23-24-25-26-27-28-29-30/h2-29H2,1H3. The van der Waals surface area contributed by atoms with Gasteiger partial charge in [0.2, 0.25) is 0 Å². The van der Waals surface area contributed by atoms with Crippen molar-refractivity contribution in [2.24, 2.45) is 0 Å². The van der Waals surface area contributed by atoms with Gasteiger partial charge in [0.25, 0.3) is 0 Å². The van der Waals surface area contributed by atoms with Crippen LogP contribution in [0.1, 0.15) is 180 Å². The van der Waals surface area contributed by atoms with E-state index in [0.29, 0.717) is 0 Å². The fourth-order valence-electron chi connectivity index (χ4n) is 4.60. The Kier molecular flexibility index (Phi) is 29.9. The molecule has 30 heavy (non-hydrogen) atoms. The molecular formula is C29H59P. The molecule has 0 aromatic carbocycles. The van der Waals surface area contributed by atoms with E-state index in [9.17, 15) is 0 Å². The lowest BCUT2D eigenvalue weighted by Crippen LogP contribution is -1.85. The number of hydrogen-bond donors (Lipinski definition) is 0. The topological polar surface area (TPSA) is 0 Å². The van der Waals surface area contributed by atoms with E-state index in [-0.39, 0.29) is 0 Å². The third-order valence-electron chi connectivity index (χ3n) is 6.76. The number of rotatable bonds is 27. The summed E-state index contributed by atoms with van der Waals surface area (Å²) in [5.74, 6) is 0. The van der Waals surface area contributed by atoms with Crippen molar-refractivity contribution in [2.45, 2.75) is 180 Å². The van der Waals surface area contributed by atoms with Crippen molar-refractivity contribution in [3.05, 3.63) is 0 Å². The van der Waals surface area contributed by atoms with Crippen LogP contribution in [0.15, 0.2) is 0 Å². The third kappa shape index (κ3) is 28.4. The van der Waals surface area contributed by atoms with Gasteiger partial charge >= 0.3 is 0 Å². The highest BCUT2D eigenvalue weighted by atomic mass is 31.0. The second kappa shape index (κ2) is 29.4. The second-order valence-corrected chi connectivity index (χ2v) is 10.4. The van der Waals surface area contributed by atoms with E-state index in [1.165, 1.54) is 173 Å². The molecule has 0 saturated carbocycles. The van der Waals surface area contributed by atoms with Gasteiger partial charge in [0.15, 0.2) is 0 Å². The van der Waals surface area contributed by atoms with Gasteiger partial charge in [0, 0.05) is 0 Å². The molecule has 0 N–H and O–H groups in total. The van der Waals surface area contributed by atoms with Crippen molar-refractivity contribution in [1.29, 1.82) is 0 Å². The number of unbranched alkanes of at least 4 members (excludes halogenated alkanes) is 26. The maximum absolute atomic E-state index is 4.28. The largest absolute Gasteiger partial charge is 0.0654 e. The zero-order valence-electron chi connectivity index (χ0n) is 21.2. The molecule has 0 aliphatic heterocycles. The summed E-state index contributed by atoms with van der Waals surface area (Å²) in [6.45, 7) is 2.30. The van der Waals surface area contributed by atoms with E-state index in [1.807, 2.05) is 0 Å². The third-order valence-corrected chi connectivity index (χ3v) is 7.08. The molecule has 0 fully saturated rings. The molecule has 0 aromatic rings. The van der Waals surface area contributed by atoms with Crippen LogP contribution < -0.4 is 0 Å². The molecule has 0 unspecified atom stereocenters. The molecule has 0 bridgehead atoms. The van der Waals surface area contributed by atoms with Crippen LogP contribution in [0, 0.1) is 0 Å². The summed E-state index contributed by atoms with van der Waals surface area (Å²) < 4.78 is 0. The summed E-state index contributed by atoms with van der Waals surface area (Å²) in [5.41, 5.74) is 0.